The Bertz CT molecular complexity index is 257. The largest absolute Gasteiger partial charge is 0.480 e. The van der Waals surface area contributed by atoms with E-state index in [1.807, 2.05) is 0 Å². The van der Waals surface area contributed by atoms with Gasteiger partial charge in [0, 0.05) is 6.54 Å². The van der Waals surface area contributed by atoms with E-state index in [-0.39, 0.29) is 5.91 Å². The summed E-state index contributed by atoms with van der Waals surface area (Å²) in [6, 6.07) is -0.690. The van der Waals surface area contributed by atoms with Crippen molar-refractivity contribution >= 4 is 11.9 Å². The SMILES string of the molecule is CC(C)(N)C(=O)N1CCC[C@H]1C(=O)O. The fourth-order valence-electron chi connectivity index (χ4n) is 1.64. The number of carboxylic acid groups (broad SMARTS) is 1. The molecule has 0 unspecified atom stereocenters. The third kappa shape index (κ3) is 2.04. The van der Waals surface area contributed by atoms with Crippen LogP contribution in [0.15, 0.2) is 0 Å². The minimum atomic E-state index is -0.988. The maximum absolute atomic E-state index is 11.7. The average molecular weight is 200 g/mol. The van der Waals surface area contributed by atoms with Gasteiger partial charge in [0.15, 0.2) is 0 Å². The quantitative estimate of drug-likeness (QED) is 0.646. The van der Waals surface area contributed by atoms with Crippen LogP contribution in [0.5, 0.6) is 0 Å². The third-order valence-corrected chi connectivity index (χ3v) is 2.35. The summed E-state index contributed by atoms with van der Waals surface area (Å²) >= 11 is 0. The first-order valence-electron chi connectivity index (χ1n) is 4.67. The number of hydrogen-bond acceptors (Lipinski definition) is 3. The molecule has 1 aliphatic rings. The van der Waals surface area contributed by atoms with E-state index in [4.69, 9.17) is 10.8 Å². The molecule has 0 aromatic heterocycles. The van der Waals surface area contributed by atoms with Crippen molar-refractivity contribution < 1.29 is 14.7 Å². The first kappa shape index (κ1) is 11.0. The third-order valence-electron chi connectivity index (χ3n) is 2.35. The summed E-state index contributed by atoms with van der Waals surface area (Å²) in [4.78, 5) is 23.9. The second kappa shape index (κ2) is 3.57. The van der Waals surface area contributed by atoms with Gasteiger partial charge >= 0.3 is 5.97 Å². The summed E-state index contributed by atoms with van der Waals surface area (Å²) in [5, 5.41) is 8.86. The highest BCUT2D eigenvalue weighted by atomic mass is 16.4. The number of aliphatic carboxylic acids is 1. The van der Waals surface area contributed by atoms with Gasteiger partial charge in [0.05, 0.1) is 5.54 Å². The van der Waals surface area contributed by atoms with E-state index in [1.165, 1.54) is 4.90 Å². The molecule has 0 spiro atoms. The van der Waals surface area contributed by atoms with Gasteiger partial charge in [-0.05, 0) is 26.7 Å². The Morgan fingerprint density at radius 1 is 1.50 bits per heavy atom. The maximum Gasteiger partial charge on any atom is 0.326 e. The van der Waals surface area contributed by atoms with Crippen LogP contribution in [-0.4, -0.2) is 40.0 Å². The monoisotopic (exact) mass is 200 g/mol. The van der Waals surface area contributed by atoms with E-state index < -0.39 is 17.6 Å². The van der Waals surface area contributed by atoms with Crippen LogP contribution in [-0.2, 0) is 9.59 Å². The highest BCUT2D eigenvalue weighted by Crippen LogP contribution is 2.20. The van der Waals surface area contributed by atoms with E-state index in [2.05, 4.69) is 0 Å². The van der Waals surface area contributed by atoms with Crippen LogP contribution in [0.3, 0.4) is 0 Å². The summed E-state index contributed by atoms with van der Waals surface area (Å²) in [5.41, 5.74) is 4.65. The van der Waals surface area contributed by atoms with Gasteiger partial charge < -0.3 is 15.7 Å². The van der Waals surface area contributed by atoms with Gasteiger partial charge in [0.2, 0.25) is 5.91 Å². The number of carboxylic acids is 1. The van der Waals surface area contributed by atoms with Gasteiger partial charge in [-0.25, -0.2) is 4.79 Å². The lowest BCUT2D eigenvalue weighted by Crippen LogP contribution is -2.54. The molecular weight excluding hydrogens is 184 g/mol. The fourth-order valence-corrected chi connectivity index (χ4v) is 1.64. The molecule has 5 nitrogen and oxygen atoms in total. The van der Waals surface area contributed by atoms with E-state index in [9.17, 15) is 9.59 Å². The first-order chi connectivity index (χ1) is 6.34. The molecule has 3 N–H and O–H groups in total. The van der Waals surface area contributed by atoms with Crippen molar-refractivity contribution in [3.05, 3.63) is 0 Å². The predicted molar refractivity (Wildman–Crippen MR) is 50.6 cm³/mol. The Hall–Kier alpha value is -1.10. The summed E-state index contributed by atoms with van der Waals surface area (Å²) in [5.74, 6) is -1.23. The van der Waals surface area contributed by atoms with E-state index in [1.54, 1.807) is 13.8 Å². The standard InChI is InChI=1S/C9H16N2O3/c1-9(2,10)8(14)11-5-3-4-6(11)7(12)13/h6H,3-5,10H2,1-2H3,(H,12,13)/t6-/m0/s1. The number of rotatable bonds is 2. The lowest BCUT2D eigenvalue weighted by Gasteiger charge is -2.28. The number of likely N-dealkylation sites (tertiary alicyclic amines) is 1. The molecular formula is C9H16N2O3. The molecule has 0 aliphatic carbocycles. The van der Waals surface area contributed by atoms with Gasteiger partial charge in [-0.1, -0.05) is 0 Å². The van der Waals surface area contributed by atoms with Crippen molar-refractivity contribution in [1.82, 2.24) is 4.90 Å². The summed E-state index contributed by atoms with van der Waals surface area (Å²) in [6.45, 7) is 3.68. The zero-order valence-corrected chi connectivity index (χ0v) is 8.49. The van der Waals surface area contributed by atoms with E-state index in [0.29, 0.717) is 13.0 Å². The Kier molecular flexibility index (Phi) is 2.80. The highest BCUT2D eigenvalue weighted by molar-refractivity contribution is 5.89. The van der Waals surface area contributed by atoms with Crippen LogP contribution < -0.4 is 5.73 Å². The highest BCUT2D eigenvalue weighted by Gasteiger charge is 2.38. The number of nitrogens with zero attached hydrogens (tertiary/aromatic N) is 1. The van der Waals surface area contributed by atoms with Crippen LogP contribution in [0.2, 0.25) is 0 Å². The number of amides is 1. The van der Waals surface area contributed by atoms with E-state index >= 15 is 0 Å². The van der Waals surface area contributed by atoms with Gasteiger partial charge in [-0.15, -0.1) is 0 Å². The van der Waals surface area contributed by atoms with Crippen molar-refractivity contribution in [2.45, 2.75) is 38.3 Å². The summed E-state index contributed by atoms with van der Waals surface area (Å²) in [6.07, 6.45) is 1.26. The second-order valence-electron chi connectivity index (χ2n) is 4.22. The number of nitrogens with two attached hydrogens (primary N) is 1. The topological polar surface area (TPSA) is 83.6 Å². The summed E-state index contributed by atoms with van der Waals surface area (Å²) in [7, 11) is 0. The molecule has 1 saturated heterocycles. The van der Waals surface area contributed by atoms with Crippen LogP contribution in [0, 0.1) is 0 Å². The van der Waals surface area contributed by atoms with Crippen molar-refractivity contribution in [2.24, 2.45) is 5.73 Å². The van der Waals surface area contributed by atoms with Crippen molar-refractivity contribution in [2.75, 3.05) is 6.54 Å². The molecule has 0 aromatic carbocycles. The molecule has 1 aliphatic heterocycles. The van der Waals surface area contributed by atoms with E-state index in [0.717, 1.165) is 6.42 Å². The average Bonchev–Trinajstić information content (AvgIpc) is 2.48. The minimum Gasteiger partial charge on any atom is -0.480 e. The molecule has 80 valence electrons. The molecule has 1 fully saturated rings. The Labute approximate surface area is 82.9 Å². The number of carbonyl (C=O) groups excluding carboxylic acids is 1. The zero-order chi connectivity index (χ0) is 10.9. The first-order valence-corrected chi connectivity index (χ1v) is 4.67. The van der Waals surface area contributed by atoms with Crippen LogP contribution in [0.25, 0.3) is 0 Å². The molecule has 1 heterocycles. The van der Waals surface area contributed by atoms with Crippen molar-refractivity contribution in [1.29, 1.82) is 0 Å². The number of hydrogen-bond donors (Lipinski definition) is 2. The van der Waals surface area contributed by atoms with Crippen LogP contribution in [0.1, 0.15) is 26.7 Å². The minimum absolute atomic E-state index is 0.289. The molecule has 14 heavy (non-hydrogen) atoms. The van der Waals surface area contributed by atoms with Crippen molar-refractivity contribution in [3.63, 3.8) is 0 Å². The summed E-state index contributed by atoms with van der Waals surface area (Å²) < 4.78 is 0. The molecule has 5 heteroatoms. The Balaban J connectivity index is 2.77. The second-order valence-corrected chi connectivity index (χ2v) is 4.22. The molecule has 1 amide bonds. The predicted octanol–water partition coefficient (Wildman–Crippen LogP) is -0.201. The van der Waals surface area contributed by atoms with Crippen molar-refractivity contribution in [3.8, 4) is 0 Å². The van der Waals surface area contributed by atoms with Gasteiger partial charge in [-0.3, -0.25) is 4.79 Å². The van der Waals surface area contributed by atoms with Crippen LogP contribution >= 0.6 is 0 Å². The smallest absolute Gasteiger partial charge is 0.326 e. The Morgan fingerprint density at radius 2 is 2.07 bits per heavy atom. The van der Waals surface area contributed by atoms with Gasteiger partial charge in [-0.2, -0.15) is 0 Å². The zero-order valence-electron chi connectivity index (χ0n) is 8.49. The molecule has 0 bridgehead atoms. The lowest BCUT2D eigenvalue weighted by molar-refractivity contribution is -0.149. The molecule has 0 saturated carbocycles. The van der Waals surface area contributed by atoms with Crippen LogP contribution in [0.4, 0.5) is 0 Å². The Morgan fingerprint density at radius 3 is 2.50 bits per heavy atom. The molecule has 0 radical (unpaired) electrons. The lowest BCUT2D eigenvalue weighted by atomic mass is 10.0. The molecule has 1 rings (SSSR count). The number of carbonyl (C=O) groups is 2. The molecule has 0 aromatic rings. The molecule has 1 atom stereocenters. The maximum atomic E-state index is 11.7. The van der Waals surface area contributed by atoms with Gasteiger partial charge in [0.1, 0.15) is 6.04 Å². The van der Waals surface area contributed by atoms with Gasteiger partial charge in [0.25, 0.3) is 0 Å². The fraction of sp³-hybridized carbons (Fsp3) is 0.778. The normalized spacial score (nSPS) is 22.5.